The second-order valence-electron chi connectivity index (χ2n) is 8.22. The van der Waals surface area contributed by atoms with Crippen LogP contribution in [0.4, 0.5) is 18.9 Å². The molecule has 3 rings (SSSR count). The Bertz CT molecular complexity index is 927. The van der Waals surface area contributed by atoms with E-state index < -0.39 is 17.7 Å². The van der Waals surface area contributed by atoms with E-state index in [2.05, 4.69) is 41.0 Å². The molecule has 1 heterocycles. The summed E-state index contributed by atoms with van der Waals surface area (Å²) in [6.07, 6.45) is -3.61. The summed E-state index contributed by atoms with van der Waals surface area (Å²) in [4.78, 5) is 26.8. The number of carboxylic acids is 1. The van der Waals surface area contributed by atoms with Crippen molar-refractivity contribution in [2.24, 2.45) is 0 Å². The lowest BCUT2D eigenvalue weighted by Gasteiger charge is -2.38. The molecule has 0 radical (unpaired) electrons. The number of Topliss-reactive ketones (excluding diaryl/α,β-unsaturated/α-hetero) is 1. The first kappa shape index (κ1) is 27.3. The van der Waals surface area contributed by atoms with Crippen molar-refractivity contribution < 1.29 is 32.6 Å². The number of nitrogens with zero attached hydrogens (tertiary/aromatic N) is 2. The predicted octanol–water partition coefficient (Wildman–Crippen LogP) is 4.29. The summed E-state index contributed by atoms with van der Waals surface area (Å²) in [5.41, 5.74) is 2.58. The minimum absolute atomic E-state index is 0.187. The summed E-state index contributed by atoms with van der Waals surface area (Å²) in [5, 5.41) is 7.12. The van der Waals surface area contributed by atoms with E-state index in [1.807, 2.05) is 44.4 Å². The maximum Gasteiger partial charge on any atom is 0.490 e. The van der Waals surface area contributed by atoms with E-state index in [4.69, 9.17) is 14.6 Å². The van der Waals surface area contributed by atoms with Crippen LogP contribution in [0, 0.1) is 0 Å². The van der Waals surface area contributed by atoms with Gasteiger partial charge in [-0.3, -0.25) is 9.69 Å². The summed E-state index contributed by atoms with van der Waals surface area (Å²) in [5.74, 6) is -2.57. The molecule has 1 aliphatic rings. The first-order valence-corrected chi connectivity index (χ1v) is 11.0. The van der Waals surface area contributed by atoms with Crippen LogP contribution in [-0.4, -0.2) is 73.9 Å². The van der Waals surface area contributed by atoms with Gasteiger partial charge in [-0.1, -0.05) is 37.3 Å². The van der Waals surface area contributed by atoms with Gasteiger partial charge in [0.2, 0.25) is 0 Å². The van der Waals surface area contributed by atoms with E-state index in [9.17, 15) is 18.0 Å². The Morgan fingerprint density at radius 2 is 1.53 bits per heavy atom. The van der Waals surface area contributed by atoms with Gasteiger partial charge in [-0.05, 0) is 56.8 Å². The van der Waals surface area contributed by atoms with Gasteiger partial charge >= 0.3 is 12.1 Å². The van der Waals surface area contributed by atoms with Gasteiger partial charge in [-0.15, -0.1) is 0 Å². The first-order valence-electron chi connectivity index (χ1n) is 11.0. The van der Waals surface area contributed by atoms with Gasteiger partial charge < -0.3 is 14.7 Å². The van der Waals surface area contributed by atoms with Crippen molar-refractivity contribution in [1.82, 2.24) is 4.90 Å². The molecule has 0 aliphatic carbocycles. The molecule has 6 nitrogen and oxygen atoms in total. The number of carbonyl (C=O) groups excluding carboxylic acids is 1. The third-order valence-electron chi connectivity index (χ3n) is 5.95. The number of morpholine rings is 1. The van der Waals surface area contributed by atoms with E-state index in [1.54, 1.807) is 0 Å². The van der Waals surface area contributed by atoms with Crippen LogP contribution in [0.1, 0.15) is 29.3 Å². The first-order chi connectivity index (χ1) is 16.0. The van der Waals surface area contributed by atoms with E-state index >= 15 is 0 Å². The molecular formula is C25H31F3N2O4. The molecule has 0 aromatic heterocycles. The second-order valence-corrected chi connectivity index (χ2v) is 8.22. The summed E-state index contributed by atoms with van der Waals surface area (Å²) in [6, 6.07) is 18.4. The lowest BCUT2D eigenvalue weighted by molar-refractivity contribution is -0.192. The van der Waals surface area contributed by atoms with E-state index in [-0.39, 0.29) is 5.78 Å². The molecule has 9 heteroatoms. The molecule has 1 saturated heterocycles. The molecular weight excluding hydrogens is 449 g/mol. The highest BCUT2D eigenvalue weighted by Gasteiger charge is 2.39. The number of aliphatic carboxylic acids is 1. The SMILES string of the molecule is CCC(Cc1ccccc1)(C(=O)c1ccc(N2CCOCC2)cc1)N(C)C.O=C(O)C(F)(F)F. The Hall–Kier alpha value is -2.91. The number of carboxylic acid groups (broad SMARTS) is 1. The van der Waals surface area contributed by atoms with Gasteiger partial charge in [-0.2, -0.15) is 13.2 Å². The molecule has 0 amide bonds. The minimum atomic E-state index is -5.08. The molecule has 1 unspecified atom stereocenters. The normalized spacial score (nSPS) is 15.8. The lowest BCUT2D eigenvalue weighted by Crippen LogP contribution is -2.52. The summed E-state index contributed by atoms with van der Waals surface area (Å²) in [7, 11) is 4.01. The molecule has 2 aromatic carbocycles. The van der Waals surface area contributed by atoms with Crippen molar-refractivity contribution in [1.29, 1.82) is 0 Å². The number of ether oxygens (including phenoxy) is 1. The fraction of sp³-hybridized carbons (Fsp3) is 0.440. The van der Waals surface area contributed by atoms with Gasteiger partial charge in [0.25, 0.3) is 0 Å². The Morgan fingerprint density at radius 1 is 1.00 bits per heavy atom. The predicted molar refractivity (Wildman–Crippen MR) is 124 cm³/mol. The average Bonchev–Trinajstić information content (AvgIpc) is 2.83. The van der Waals surface area contributed by atoms with Gasteiger partial charge in [0.1, 0.15) is 0 Å². The Morgan fingerprint density at radius 3 is 1.97 bits per heavy atom. The number of rotatable bonds is 7. The quantitative estimate of drug-likeness (QED) is 0.597. The number of halogens is 3. The molecule has 0 bridgehead atoms. The summed E-state index contributed by atoms with van der Waals surface area (Å²) in [6.45, 7) is 5.42. The van der Waals surface area contributed by atoms with Crippen LogP contribution in [-0.2, 0) is 16.0 Å². The van der Waals surface area contributed by atoms with Crippen molar-refractivity contribution in [2.45, 2.75) is 31.5 Å². The molecule has 1 N–H and O–H groups in total. The minimum Gasteiger partial charge on any atom is -0.475 e. The molecule has 0 saturated carbocycles. The number of anilines is 1. The van der Waals surface area contributed by atoms with Gasteiger partial charge in [0, 0.05) is 24.3 Å². The summed E-state index contributed by atoms with van der Waals surface area (Å²) < 4.78 is 37.2. The molecule has 186 valence electrons. The molecule has 34 heavy (non-hydrogen) atoms. The Kier molecular flexibility index (Phi) is 9.64. The van der Waals surface area contributed by atoms with Crippen LogP contribution in [0.2, 0.25) is 0 Å². The molecule has 0 spiro atoms. The van der Waals surface area contributed by atoms with E-state index in [1.165, 1.54) is 5.56 Å². The second kappa shape index (κ2) is 12.0. The Balaban J connectivity index is 0.000000509. The van der Waals surface area contributed by atoms with Crippen molar-refractivity contribution in [3.63, 3.8) is 0 Å². The Labute approximate surface area is 197 Å². The van der Waals surface area contributed by atoms with E-state index in [0.29, 0.717) is 6.42 Å². The zero-order valence-corrected chi connectivity index (χ0v) is 19.6. The van der Waals surface area contributed by atoms with E-state index in [0.717, 1.165) is 44.0 Å². The highest BCUT2D eigenvalue weighted by molar-refractivity contribution is 6.03. The molecule has 2 aromatic rings. The maximum absolute atomic E-state index is 13.6. The third-order valence-corrected chi connectivity index (χ3v) is 5.95. The number of hydrogen-bond donors (Lipinski definition) is 1. The van der Waals surface area contributed by atoms with Gasteiger partial charge in [0.05, 0.1) is 18.8 Å². The van der Waals surface area contributed by atoms with Gasteiger partial charge in [-0.25, -0.2) is 4.79 Å². The average molecular weight is 481 g/mol. The number of likely N-dealkylation sites (N-methyl/N-ethyl adjacent to an activating group) is 1. The van der Waals surface area contributed by atoms with Crippen LogP contribution in [0.3, 0.4) is 0 Å². The smallest absolute Gasteiger partial charge is 0.475 e. The van der Waals surface area contributed by atoms with Crippen molar-refractivity contribution >= 4 is 17.4 Å². The van der Waals surface area contributed by atoms with Gasteiger partial charge in [0.15, 0.2) is 5.78 Å². The highest BCUT2D eigenvalue weighted by Crippen LogP contribution is 2.29. The van der Waals surface area contributed by atoms with Crippen molar-refractivity contribution in [3.8, 4) is 0 Å². The molecule has 1 atom stereocenters. The highest BCUT2D eigenvalue weighted by atomic mass is 19.4. The van der Waals surface area contributed by atoms with Crippen molar-refractivity contribution in [3.05, 3.63) is 65.7 Å². The van der Waals surface area contributed by atoms with Crippen LogP contribution in [0.5, 0.6) is 0 Å². The fourth-order valence-corrected chi connectivity index (χ4v) is 3.89. The van der Waals surface area contributed by atoms with Crippen LogP contribution < -0.4 is 4.90 Å². The number of alkyl halides is 3. The standard InChI is InChI=1S/C23H30N2O2.C2HF3O2/c1-4-23(24(2)3,18-19-8-6-5-7-9-19)22(26)20-10-12-21(13-11-20)25-14-16-27-17-15-25;3-2(4,5)1(6)7/h5-13H,4,14-18H2,1-3H3;(H,6,7). The molecule has 1 aliphatic heterocycles. The largest absolute Gasteiger partial charge is 0.490 e. The number of ketones is 1. The number of carbonyl (C=O) groups is 2. The zero-order chi connectivity index (χ0) is 25.4. The monoisotopic (exact) mass is 480 g/mol. The topological polar surface area (TPSA) is 70.1 Å². The van der Waals surface area contributed by atoms with Crippen LogP contribution >= 0.6 is 0 Å². The van der Waals surface area contributed by atoms with Crippen LogP contribution in [0.25, 0.3) is 0 Å². The number of benzene rings is 2. The summed E-state index contributed by atoms with van der Waals surface area (Å²) >= 11 is 0. The van der Waals surface area contributed by atoms with Crippen molar-refractivity contribution in [2.75, 3.05) is 45.3 Å². The fourth-order valence-electron chi connectivity index (χ4n) is 3.89. The molecule has 1 fully saturated rings. The zero-order valence-electron chi connectivity index (χ0n) is 19.6. The maximum atomic E-state index is 13.6. The van der Waals surface area contributed by atoms with Crippen LogP contribution in [0.15, 0.2) is 54.6 Å². The number of hydrogen-bond acceptors (Lipinski definition) is 5. The third kappa shape index (κ3) is 7.04. The lowest BCUT2D eigenvalue weighted by atomic mass is 9.80.